The van der Waals surface area contributed by atoms with Crippen molar-refractivity contribution >= 4 is 0 Å². The van der Waals surface area contributed by atoms with E-state index in [9.17, 15) is 0 Å². The molecule has 0 saturated heterocycles. The quantitative estimate of drug-likeness (QED) is 0.497. The molecule has 0 saturated carbocycles. The maximum absolute atomic E-state index is 8.51. The van der Waals surface area contributed by atoms with E-state index in [1.54, 1.807) is 12.1 Å². The lowest BCUT2D eigenvalue weighted by Gasteiger charge is -2.19. The predicted molar refractivity (Wildman–Crippen MR) is 46.0 cm³/mol. The number of hydrogen-bond donors (Lipinski definition) is 1. The molecule has 1 unspecified atom stereocenters. The minimum Gasteiger partial charge on any atom is -0.451 e. The third-order valence-corrected chi connectivity index (χ3v) is 1.57. The maximum Gasteiger partial charge on any atom is 0.204 e. The summed E-state index contributed by atoms with van der Waals surface area (Å²) in [6.07, 6.45) is 1.90. The maximum atomic E-state index is 8.51. The van der Waals surface area contributed by atoms with Crippen LogP contribution in [0, 0.1) is 11.3 Å². The van der Waals surface area contributed by atoms with Gasteiger partial charge in [0.05, 0.1) is 6.07 Å². The Kier molecular flexibility index (Phi) is 3.55. The number of methoxy groups -OCH3 is 1. The normalized spacial score (nSPS) is 21.2. The van der Waals surface area contributed by atoms with Crippen molar-refractivity contribution in [1.29, 1.82) is 5.26 Å². The fourth-order valence-corrected chi connectivity index (χ4v) is 1.09. The van der Waals surface area contributed by atoms with Crippen molar-refractivity contribution in [2.24, 2.45) is 0 Å². The van der Waals surface area contributed by atoms with Crippen molar-refractivity contribution < 1.29 is 9.47 Å². The van der Waals surface area contributed by atoms with Gasteiger partial charge in [-0.1, -0.05) is 0 Å². The molecule has 1 heterocycles. The third kappa shape index (κ3) is 2.61. The summed E-state index contributed by atoms with van der Waals surface area (Å²) >= 11 is 0. The molecule has 1 aliphatic rings. The van der Waals surface area contributed by atoms with Gasteiger partial charge >= 0.3 is 0 Å². The van der Waals surface area contributed by atoms with Gasteiger partial charge < -0.3 is 9.47 Å². The first-order chi connectivity index (χ1) is 6.27. The van der Waals surface area contributed by atoms with E-state index in [2.05, 4.69) is 5.43 Å². The van der Waals surface area contributed by atoms with Gasteiger partial charge in [0.1, 0.15) is 6.54 Å². The van der Waals surface area contributed by atoms with Gasteiger partial charge in [-0.3, -0.25) is 5.01 Å². The molecule has 0 amide bonds. The number of nitrogens with zero attached hydrogens (tertiary/aromatic N) is 2. The van der Waals surface area contributed by atoms with Crippen LogP contribution in [0.1, 0.15) is 6.92 Å². The number of hydrogen-bond acceptors (Lipinski definition) is 5. The molecule has 5 nitrogen and oxygen atoms in total. The fraction of sp³-hybridized carbons (Fsp3) is 0.625. The monoisotopic (exact) mass is 183 g/mol. The summed E-state index contributed by atoms with van der Waals surface area (Å²) in [5.74, 6) is 0.649. The number of hydrazine groups is 1. The van der Waals surface area contributed by atoms with E-state index in [4.69, 9.17) is 14.7 Å². The van der Waals surface area contributed by atoms with Crippen LogP contribution in [0.4, 0.5) is 0 Å². The summed E-state index contributed by atoms with van der Waals surface area (Å²) < 4.78 is 10.0. The zero-order valence-electron chi connectivity index (χ0n) is 7.78. The highest BCUT2D eigenvalue weighted by Crippen LogP contribution is 2.12. The molecule has 0 fully saturated rings. The highest BCUT2D eigenvalue weighted by atomic mass is 16.7. The number of nitriles is 1. The van der Waals surface area contributed by atoms with Gasteiger partial charge in [0.25, 0.3) is 0 Å². The average Bonchev–Trinajstić information content (AvgIpc) is 2.44. The van der Waals surface area contributed by atoms with Crippen LogP contribution in [0.25, 0.3) is 0 Å². The molecule has 0 aliphatic carbocycles. The molecule has 0 spiro atoms. The second-order valence-corrected chi connectivity index (χ2v) is 2.72. The molecule has 13 heavy (non-hydrogen) atoms. The van der Waals surface area contributed by atoms with E-state index >= 15 is 0 Å². The lowest BCUT2D eigenvalue weighted by atomic mass is 10.4. The molecule has 1 rings (SSSR count). The minimum atomic E-state index is 0.195. The van der Waals surface area contributed by atoms with Crippen molar-refractivity contribution in [3.05, 3.63) is 12.0 Å². The Morgan fingerprint density at radius 2 is 2.54 bits per heavy atom. The van der Waals surface area contributed by atoms with Gasteiger partial charge in [0, 0.05) is 13.2 Å². The fourth-order valence-electron chi connectivity index (χ4n) is 1.09. The first kappa shape index (κ1) is 9.84. The summed E-state index contributed by atoms with van der Waals surface area (Å²) in [7, 11) is 1.56. The molecule has 0 aromatic heterocycles. The average molecular weight is 183 g/mol. The standard InChI is InChI=1S/C8H13N3O2/c1-7-5-8(13-6-12-2)11(10-7)4-3-9/h5,7,10H,4,6H2,1-2H3. The Balaban J connectivity index is 2.47. The Morgan fingerprint density at radius 1 is 1.77 bits per heavy atom. The van der Waals surface area contributed by atoms with Crippen LogP contribution in [0.15, 0.2) is 12.0 Å². The van der Waals surface area contributed by atoms with E-state index in [0.29, 0.717) is 5.88 Å². The second-order valence-electron chi connectivity index (χ2n) is 2.72. The van der Waals surface area contributed by atoms with Gasteiger partial charge in [-0.05, 0) is 13.0 Å². The summed E-state index contributed by atoms with van der Waals surface area (Å²) in [5, 5.41) is 10.2. The van der Waals surface area contributed by atoms with E-state index in [-0.39, 0.29) is 19.4 Å². The molecule has 0 aromatic carbocycles. The van der Waals surface area contributed by atoms with Crippen LogP contribution in [0.3, 0.4) is 0 Å². The zero-order chi connectivity index (χ0) is 9.68. The lowest BCUT2D eigenvalue weighted by molar-refractivity contribution is -0.0260. The van der Waals surface area contributed by atoms with Crippen LogP contribution in [-0.2, 0) is 9.47 Å². The molecule has 1 N–H and O–H groups in total. The minimum absolute atomic E-state index is 0.195. The van der Waals surface area contributed by atoms with Crippen LogP contribution >= 0.6 is 0 Å². The summed E-state index contributed by atoms with van der Waals surface area (Å²) in [6.45, 7) is 2.44. The molecule has 1 atom stereocenters. The smallest absolute Gasteiger partial charge is 0.204 e. The molecule has 0 aromatic rings. The molecule has 5 heteroatoms. The predicted octanol–water partition coefficient (Wildman–Crippen LogP) is 0.181. The molecular formula is C8H13N3O2. The van der Waals surface area contributed by atoms with Crippen molar-refractivity contribution in [3.63, 3.8) is 0 Å². The summed E-state index contributed by atoms with van der Waals surface area (Å²) in [6, 6.07) is 2.23. The van der Waals surface area contributed by atoms with Crippen LogP contribution in [-0.4, -0.2) is 31.5 Å². The van der Waals surface area contributed by atoms with Crippen LogP contribution < -0.4 is 5.43 Å². The Hall–Kier alpha value is -1.25. The van der Waals surface area contributed by atoms with Gasteiger partial charge in [0.2, 0.25) is 5.88 Å². The molecule has 72 valence electrons. The number of rotatable bonds is 4. The largest absolute Gasteiger partial charge is 0.451 e. The highest BCUT2D eigenvalue weighted by Gasteiger charge is 2.20. The second kappa shape index (κ2) is 4.70. The summed E-state index contributed by atoms with van der Waals surface area (Å²) in [4.78, 5) is 0. The first-order valence-corrected chi connectivity index (χ1v) is 4.02. The van der Waals surface area contributed by atoms with E-state index in [0.717, 1.165) is 0 Å². The third-order valence-electron chi connectivity index (χ3n) is 1.57. The molecular weight excluding hydrogens is 170 g/mol. The summed E-state index contributed by atoms with van der Waals surface area (Å²) in [5.41, 5.74) is 3.05. The van der Waals surface area contributed by atoms with Gasteiger partial charge in [-0.2, -0.15) is 5.26 Å². The molecule has 0 bridgehead atoms. The Labute approximate surface area is 77.5 Å². The number of nitrogens with one attached hydrogen (secondary N) is 1. The van der Waals surface area contributed by atoms with Crippen molar-refractivity contribution in [1.82, 2.24) is 10.4 Å². The Morgan fingerprint density at radius 3 is 3.15 bits per heavy atom. The van der Waals surface area contributed by atoms with Gasteiger partial charge in [0.15, 0.2) is 6.79 Å². The van der Waals surface area contributed by atoms with Crippen LogP contribution in [0.2, 0.25) is 0 Å². The molecule has 0 radical (unpaired) electrons. The van der Waals surface area contributed by atoms with E-state index in [1.807, 2.05) is 19.1 Å². The topological polar surface area (TPSA) is 57.5 Å². The first-order valence-electron chi connectivity index (χ1n) is 4.02. The lowest BCUT2D eigenvalue weighted by Crippen LogP contribution is -2.36. The Bertz CT molecular complexity index is 234. The van der Waals surface area contributed by atoms with Crippen molar-refractivity contribution in [3.8, 4) is 6.07 Å². The number of ether oxygens (including phenoxy) is 2. The zero-order valence-corrected chi connectivity index (χ0v) is 7.78. The van der Waals surface area contributed by atoms with Gasteiger partial charge in [-0.25, -0.2) is 5.43 Å². The van der Waals surface area contributed by atoms with Crippen molar-refractivity contribution in [2.75, 3.05) is 20.4 Å². The molecule has 1 aliphatic heterocycles. The van der Waals surface area contributed by atoms with E-state index < -0.39 is 0 Å². The van der Waals surface area contributed by atoms with Crippen LogP contribution in [0.5, 0.6) is 0 Å². The van der Waals surface area contributed by atoms with Gasteiger partial charge in [-0.15, -0.1) is 0 Å². The highest BCUT2D eigenvalue weighted by molar-refractivity contribution is 5.05. The van der Waals surface area contributed by atoms with E-state index in [1.165, 1.54) is 0 Å². The van der Waals surface area contributed by atoms with Crippen molar-refractivity contribution in [2.45, 2.75) is 13.0 Å². The SMILES string of the molecule is COCOC1=CC(C)NN1CC#N.